The van der Waals surface area contributed by atoms with Gasteiger partial charge in [-0.1, -0.05) is 13.8 Å². The smallest absolute Gasteiger partial charge is 0.155 e. The lowest BCUT2D eigenvalue weighted by Crippen LogP contribution is -2.49. The fraction of sp³-hybridized carbons (Fsp3) is 0.929. The first-order chi connectivity index (χ1) is 8.59. The Morgan fingerprint density at radius 3 is 2.17 bits per heavy atom. The zero-order chi connectivity index (χ0) is 14.0. The number of carbonyl (C=O) groups excluding carboxylic acids is 1. The number of ether oxygens (including phenoxy) is 1. The normalized spacial score (nSPS) is 17.4. The van der Waals surface area contributed by atoms with Crippen LogP contribution in [0.1, 0.15) is 34.6 Å². The molecule has 0 radical (unpaired) electrons. The number of hydrogen-bond donors (Lipinski definition) is 0. The largest absolute Gasteiger partial charge is 0.372 e. The van der Waals surface area contributed by atoms with Crippen LogP contribution < -0.4 is 0 Å². The number of Topliss-reactive ketones (excluding diaryl/α,β-unsaturated/α-hetero) is 1. The van der Waals surface area contributed by atoms with Gasteiger partial charge in [0.2, 0.25) is 0 Å². The molecule has 1 aliphatic heterocycles. The monoisotopic (exact) mass is 258 g/mol. The van der Waals surface area contributed by atoms with E-state index in [2.05, 4.69) is 23.6 Å². The van der Waals surface area contributed by atoms with Crippen LogP contribution in [-0.4, -0.2) is 67.6 Å². The summed E-state index contributed by atoms with van der Waals surface area (Å²) in [6.45, 7) is 16.4. The van der Waals surface area contributed by atoms with Crippen LogP contribution >= 0.6 is 0 Å². The van der Waals surface area contributed by atoms with Crippen LogP contribution in [0, 0.1) is 0 Å². The highest BCUT2D eigenvalue weighted by Crippen LogP contribution is 2.05. The molecule has 1 heterocycles. The molecule has 1 aliphatic rings. The van der Waals surface area contributed by atoms with Crippen LogP contribution in [0.15, 0.2) is 0 Å². The zero-order valence-corrected chi connectivity index (χ0v) is 12.7. The van der Waals surface area contributed by atoms with E-state index in [1.165, 1.54) is 0 Å². The molecule has 0 aromatic heterocycles. The van der Waals surface area contributed by atoms with Crippen molar-refractivity contribution >= 4 is 5.78 Å². The Labute approximate surface area is 112 Å². The average molecular weight is 258 g/mol. The lowest BCUT2D eigenvalue weighted by Gasteiger charge is -2.36. The van der Waals surface area contributed by atoms with Crippen molar-refractivity contribution in [3.63, 3.8) is 0 Å². The van der Waals surface area contributed by atoms with Crippen molar-refractivity contribution in [1.82, 2.24) is 9.80 Å². The predicted molar refractivity (Wildman–Crippen MR) is 76.0 cm³/mol. The molecule has 0 saturated carbocycles. The third-order valence-corrected chi connectivity index (χ3v) is 2.99. The summed E-state index contributed by atoms with van der Waals surface area (Å²) >= 11 is 0. The molecule has 4 heteroatoms. The van der Waals surface area contributed by atoms with Gasteiger partial charge >= 0.3 is 0 Å². The van der Waals surface area contributed by atoms with Gasteiger partial charge < -0.3 is 4.74 Å². The molecule has 18 heavy (non-hydrogen) atoms. The molecule has 4 nitrogen and oxygen atoms in total. The molecule has 0 aromatic rings. The second kappa shape index (κ2) is 10.5. The van der Waals surface area contributed by atoms with Gasteiger partial charge in [0.05, 0.1) is 6.61 Å². The van der Waals surface area contributed by atoms with E-state index < -0.39 is 0 Å². The second-order valence-corrected chi connectivity index (χ2v) is 4.73. The summed E-state index contributed by atoms with van der Waals surface area (Å²) < 4.78 is 5.27. The van der Waals surface area contributed by atoms with Gasteiger partial charge in [-0.3, -0.25) is 14.6 Å². The summed E-state index contributed by atoms with van der Waals surface area (Å²) in [7, 11) is 0. The predicted octanol–water partition coefficient (Wildman–Crippen LogP) is 1.64. The van der Waals surface area contributed by atoms with Gasteiger partial charge in [-0.2, -0.15) is 0 Å². The van der Waals surface area contributed by atoms with Crippen LogP contribution in [0.5, 0.6) is 0 Å². The van der Waals surface area contributed by atoms with Gasteiger partial charge in [0.15, 0.2) is 5.78 Å². The molecule has 0 aromatic carbocycles. The zero-order valence-electron chi connectivity index (χ0n) is 12.7. The minimum atomic E-state index is 0.102. The minimum absolute atomic E-state index is 0.102. The lowest BCUT2D eigenvalue weighted by molar-refractivity contribution is -0.121. The summed E-state index contributed by atoms with van der Waals surface area (Å²) in [6, 6.07) is 0.649. The van der Waals surface area contributed by atoms with E-state index in [-0.39, 0.29) is 12.4 Å². The van der Waals surface area contributed by atoms with Crippen LogP contribution in [0.25, 0.3) is 0 Å². The van der Waals surface area contributed by atoms with E-state index in [0.717, 1.165) is 32.7 Å². The minimum Gasteiger partial charge on any atom is -0.372 e. The Balaban J connectivity index is 0.00000137. The van der Waals surface area contributed by atoms with E-state index in [0.29, 0.717) is 12.6 Å². The average Bonchev–Trinajstić information content (AvgIpc) is 2.37. The molecule has 0 spiro atoms. The third kappa shape index (κ3) is 7.80. The summed E-state index contributed by atoms with van der Waals surface area (Å²) in [6.07, 6.45) is 0. The highest BCUT2D eigenvalue weighted by Gasteiger charge is 2.17. The van der Waals surface area contributed by atoms with E-state index in [9.17, 15) is 4.79 Å². The van der Waals surface area contributed by atoms with Crippen molar-refractivity contribution < 1.29 is 9.53 Å². The Hall–Kier alpha value is -0.450. The SMILES string of the molecule is CC.CC(=O)COCCN1CCN(C(C)C)CC1. The molecular formula is C14H30N2O2. The highest BCUT2D eigenvalue weighted by molar-refractivity contribution is 5.76. The maximum atomic E-state index is 10.7. The lowest BCUT2D eigenvalue weighted by atomic mass is 10.2. The molecule has 0 N–H and O–H groups in total. The van der Waals surface area contributed by atoms with Gasteiger partial charge in [-0.15, -0.1) is 0 Å². The Kier molecular flexibility index (Phi) is 10.2. The summed E-state index contributed by atoms with van der Waals surface area (Å²) in [4.78, 5) is 15.6. The first kappa shape index (κ1) is 17.6. The van der Waals surface area contributed by atoms with E-state index in [1.54, 1.807) is 6.92 Å². The Morgan fingerprint density at radius 1 is 1.17 bits per heavy atom. The fourth-order valence-corrected chi connectivity index (χ4v) is 1.91. The number of rotatable bonds is 6. The van der Waals surface area contributed by atoms with E-state index in [1.807, 2.05) is 13.8 Å². The standard InChI is InChI=1S/C12H24N2O2.C2H6/c1-11(2)14-6-4-13(5-7-14)8-9-16-10-12(3)15;1-2/h11H,4-10H2,1-3H3;1-2H3. The van der Waals surface area contributed by atoms with Gasteiger partial charge in [-0.05, 0) is 20.8 Å². The number of hydrogen-bond acceptors (Lipinski definition) is 4. The van der Waals surface area contributed by atoms with Crippen molar-refractivity contribution in [2.75, 3.05) is 45.9 Å². The quantitative estimate of drug-likeness (QED) is 0.678. The van der Waals surface area contributed by atoms with Crippen molar-refractivity contribution in [2.24, 2.45) is 0 Å². The number of ketones is 1. The maximum absolute atomic E-state index is 10.7. The van der Waals surface area contributed by atoms with E-state index in [4.69, 9.17) is 4.74 Å². The molecule has 0 aliphatic carbocycles. The molecule has 1 fully saturated rings. The Morgan fingerprint density at radius 2 is 1.72 bits per heavy atom. The topological polar surface area (TPSA) is 32.8 Å². The molecule has 0 amide bonds. The van der Waals surface area contributed by atoms with Crippen molar-refractivity contribution in [1.29, 1.82) is 0 Å². The summed E-state index contributed by atoms with van der Waals surface area (Å²) in [5.74, 6) is 0.102. The molecular weight excluding hydrogens is 228 g/mol. The molecule has 0 bridgehead atoms. The van der Waals surface area contributed by atoms with Gasteiger partial charge in [-0.25, -0.2) is 0 Å². The van der Waals surface area contributed by atoms with Crippen molar-refractivity contribution in [2.45, 2.75) is 40.7 Å². The molecule has 1 rings (SSSR count). The molecule has 0 unspecified atom stereocenters. The van der Waals surface area contributed by atoms with Gasteiger partial charge in [0.25, 0.3) is 0 Å². The Bertz CT molecular complexity index is 212. The summed E-state index contributed by atoms with van der Waals surface area (Å²) in [5.41, 5.74) is 0. The first-order valence-electron chi connectivity index (χ1n) is 7.13. The van der Waals surface area contributed by atoms with Crippen molar-refractivity contribution in [3.8, 4) is 0 Å². The van der Waals surface area contributed by atoms with Crippen LogP contribution in [0.3, 0.4) is 0 Å². The first-order valence-corrected chi connectivity index (χ1v) is 7.13. The molecule has 0 atom stereocenters. The fourth-order valence-electron chi connectivity index (χ4n) is 1.91. The highest BCUT2D eigenvalue weighted by atomic mass is 16.5. The van der Waals surface area contributed by atoms with Crippen LogP contribution in [0.4, 0.5) is 0 Å². The van der Waals surface area contributed by atoms with E-state index >= 15 is 0 Å². The van der Waals surface area contributed by atoms with Crippen molar-refractivity contribution in [3.05, 3.63) is 0 Å². The molecule has 108 valence electrons. The van der Waals surface area contributed by atoms with Crippen LogP contribution in [0.2, 0.25) is 0 Å². The number of carbonyl (C=O) groups is 1. The number of piperazine rings is 1. The van der Waals surface area contributed by atoms with Gasteiger partial charge in [0, 0.05) is 38.8 Å². The van der Waals surface area contributed by atoms with Gasteiger partial charge in [0.1, 0.15) is 6.61 Å². The second-order valence-electron chi connectivity index (χ2n) is 4.73. The number of nitrogens with zero attached hydrogens (tertiary/aromatic N) is 2. The molecule has 1 saturated heterocycles. The maximum Gasteiger partial charge on any atom is 0.155 e. The van der Waals surface area contributed by atoms with Crippen LogP contribution in [-0.2, 0) is 9.53 Å². The third-order valence-electron chi connectivity index (χ3n) is 2.99. The summed E-state index contributed by atoms with van der Waals surface area (Å²) in [5, 5.41) is 0.